The number of hydrogen-bond acceptors (Lipinski definition) is 6. The molecule has 1 aromatic carbocycles. The summed E-state index contributed by atoms with van der Waals surface area (Å²) in [5, 5.41) is 13.0. The molecule has 0 aliphatic heterocycles. The van der Waals surface area contributed by atoms with Crippen molar-refractivity contribution in [1.29, 1.82) is 0 Å². The third-order valence-corrected chi connectivity index (χ3v) is 2.51. The van der Waals surface area contributed by atoms with E-state index in [1.807, 2.05) is 38.1 Å². The third-order valence-electron chi connectivity index (χ3n) is 2.51. The highest BCUT2D eigenvalue weighted by molar-refractivity contribution is 5.39. The van der Waals surface area contributed by atoms with Crippen LogP contribution in [0.15, 0.2) is 36.9 Å². The Balaban J connectivity index is 0.000000847. The van der Waals surface area contributed by atoms with Gasteiger partial charge in [-0.25, -0.2) is 9.97 Å². The summed E-state index contributed by atoms with van der Waals surface area (Å²) in [6, 6.07) is 7.40. The molecular weight excluding hydrogens is 284 g/mol. The van der Waals surface area contributed by atoms with Crippen LogP contribution in [0, 0.1) is 0 Å². The van der Waals surface area contributed by atoms with Gasteiger partial charge in [0, 0.05) is 0 Å². The maximum absolute atomic E-state index is 5.65. The summed E-state index contributed by atoms with van der Waals surface area (Å²) in [5.41, 5.74) is 0. The van der Waals surface area contributed by atoms with Gasteiger partial charge < -0.3 is 9.47 Å². The fourth-order valence-electron chi connectivity index (χ4n) is 1.58. The predicted molar refractivity (Wildman–Crippen MR) is 79.2 cm³/mol. The molecule has 0 spiro atoms. The molecule has 0 saturated heterocycles. The Labute approximate surface area is 127 Å². The van der Waals surface area contributed by atoms with Gasteiger partial charge in [0.25, 0.3) is 0 Å². The number of para-hydroxylation sites is 2. The molecule has 22 heavy (non-hydrogen) atoms. The lowest BCUT2D eigenvalue weighted by molar-refractivity contribution is 0.247. The SMILES string of the molecule is CC.c1ccc(OCc2ncn[nH]2)c(OCc2ncn[nH]2)c1. The Kier molecular flexibility index (Phi) is 5.91. The lowest BCUT2D eigenvalue weighted by Crippen LogP contribution is -2.02. The molecule has 0 fully saturated rings. The topological polar surface area (TPSA) is 102 Å². The van der Waals surface area contributed by atoms with Gasteiger partial charge in [-0.05, 0) is 12.1 Å². The summed E-state index contributed by atoms with van der Waals surface area (Å²) in [6.45, 7) is 4.59. The molecule has 0 saturated carbocycles. The van der Waals surface area contributed by atoms with Crippen LogP contribution < -0.4 is 9.47 Å². The second-order valence-corrected chi connectivity index (χ2v) is 3.89. The Bertz CT molecular complexity index is 582. The Morgan fingerprint density at radius 1 is 0.818 bits per heavy atom. The Morgan fingerprint density at radius 2 is 1.27 bits per heavy atom. The quantitative estimate of drug-likeness (QED) is 0.723. The number of benzene rings is 1. The molecule has 0 atom stereocenters. The van der Waals surface area contributed by atoms with Crippen molar-refractivity contribution in [1.82, 2.24) is 30.4 Å². The van der Waals surface area contributed by atoms with Gasteiger partial charge in [-0.15, -0.1) is 0 Å². The molecule has 0 bridgehead atoms. The van der Waals surface area contributed by atoms with Crippen molar-refractivity contribution in [3.05, 3.63) is 48.6 Å². The zero-order valence-electron chi connectivity index (χ0n) is 12.5. The minimum atomic E-state index is 0.294. The van der Waals surface area contributed by atoms with Crippen LogP contribution in [0.25, 0.3) is 0 Å². The fourth-order valence-corrected chi connectivity index (χ4v) is 1.58. The first kappa shape index (κ1) is 15.5. The second-order valence-electron chi connectivity index (χ2n) is 3.89. The van der Waals surface area contributed by atoms with E-state index in [1.54, 1.807) is 0 Å². The summed E-state index contributed by atoms with van der Waals surface area (Å²) in [7, 11) is 0. The molecule has 3 rings (SSSR count). The maximum atomic E-state index is 5.65. The molecular formula is C14H18N6O2. The van der Waals surface area contributed by atoms with Crippen molar-refractivity contribution >= 4 is 0 Å². The van der Waals surface area contributed by atoms with E-state index in [-0.39, 0.29) is 0 Å². The maximum Gasteiger partial charge on any atom is 0.162 e. The number of aromatic nitrogens is 6. The minimum Gasteiger partial charge on any atom is -0.482 e. The first-order valence-electron chi connectivity index (χ1n) is 6.95. The number of rotatable bonds is 6. The number of nitrogens with zero attached hydrogens (tertiary/aromatic N) is 4. The van der Waals surface area contributed by atoms with Crippen molar-refractivity contribution < 1.29 is 9.47 Å². The number of nitrogens with one attached hydrogen (secondary N) is 2. The van der Waals surface area contributed by atoms with Crippen LogP contribution in [-0.4, -0.2) is 30.4 Å². The molecule has 0 radical (unpaired) electrons. The van der Waals surface area contributed by atoms with E-state index in [0.29, 0.717) is 36.4 Å². The van der Waals surface area contributed by atoms with Crippen molar-refractivity contribution in [2.45, 2.75) is 27.1 Å². The monoisotopic (exact) mass is 302 g/mol. The predicted octanol–water partition coefficient (Wildman–Crippen LogP) is 2.11. The molecule has 2 aromatic heterocycles. The number of H-pyrrole nitrogens is 2. The lowest BCUT2D eigenvalue weighted by Gasteiger charge is -2.10. The highest BCUT2D eigenvalue weighted by Gasteiger charge is 2.06. The molecule has 0 aliphatic carbocycles. The van der Waals surface area contributed by atoms with Crippen LogP contribution in [0.2, 0.25) is 0 Å². The molecule has 3 aromatic rings. The standard InChI is InChI=1S/C12H12N6O2.C2H6/c1-2-4-10(20-6-12-14-8-16-18-12)9(3-1)19-5-11-13-7-15-17-11;1-2/h1-4,7-8H,5-6H2,(H,13,15,17)(H,14,16,18);1-2H3. The van der Waals surface area contributed by atoms with Gasteiger partial charge in [0.1, 0.15) is 25.9 Å². The summed E-state index contributed by atoms with van der Waals surface area (Å²) in [5.74, 6) is 2.55. The van der Waals surface area contributed by atoms with Crippen molar-refractivity contribution in [2.75, 3.05) is 0 Å². The van der Waals surface area contributed by atoms with Crippen molar-refractivity contribution in [3.8, 4) is 11.5 Å². The minimum absolute atomic E-state index is 0.294. The average molecular weight is 302 g/mol. The van der Waals surface area contributed by atoms with E-state index in [4.69, 9.17) is 9.47 Å². The average Bonchev–Trinajstić information content (AvgIpc) is 3.27. The molecule has 2 heterocycles. The van der Waals surface area contributed by atoms with Gasteiger partial charge >= 0.3 is 0 Å². The van der Waals surface area contributed by atoms with E-state index in [1.165, 1.54) is 12.7 Å². The Hall–Kier alpha value is -2.90. The van der Waals surface area contributed by atoms with E-state index in [9.17, 15) is 0 Å². The van der Waals surface area contributed by atoms with E-state index < -0.39 is 0 Å². The smallest absolute Gasteiger partial charge is 0.162 e. The van der Waals surface area contributed by atoms with Gasteiger partial charge in [-0.3, -0.25) is 10.2 Å². The van der Waals surface area contributed by atoms with Crippen LogP contribution in [0.1, 0.15) is 25.5 Å². The second kappa shape index (κ2) is 8.40. The van der Waals surface area contributed by atoms with Gasteiger partial charge in [0.15, 0.2) is 23.1 Å². The van der Waals surface area contributed by atoms with E-state index >= 15 is 0 Å². The summed E-state index contributed by atoms with van der Waals surface area (Å²) >= 11 is 0. The van der Waals surface area contributed by atoms with Crippen molar-refractivity contribution in [2.24, 2.45) is 0 Å². The summed E-state index contributed by atoms with van der Waals surface area (Å²) in [4.78, 5) is 7.98. The van der Waals surface area contributed by atoms with Crippen LogP contribution in [-0.2, 0) is 13.2 Å². The number of ether oxygens (including phenoxy) is 2. The summed E-state index contributed by atoms with van der Waals surface area (Å²) in [6.07, 6.45) is 2.87. The van der Waals surface area contributed by atoms with E-state index in [2.05, 4.69) is 30.4 Å². The number of hydrogen-bond donors (Lipinski definition) is 2. The highest BCUT2D eigenvalue weighted by Crippen LogP contribution is 2.27. The molecule has 8 heteroatoms. The first-order chi connectivity index (χ1) is 10.9. The molecule has 116 valence electrons. The van der Waals surface area contributed by atoms with Crippen molar-refractivity contribution in [3.63, 3.8) is 0 Å². The normalized spacial score (nSPS) is 9.73. The van der Waals surface area contributed by atoms with Gasteiger partial charge in [-0.1, -0.05) is 26.0 Å². The summed E-state index contributed by atoms with van der Waals surface area (Å²) < 4.78 is 11.3. The largest absolute Gasteiger partial charge is 0.482 e. The van der Waals surface area contributed by atoms with Gasteiger partial charge in [0.2, 0.25) is 0 Å². The first-order valence-corrected chi connectivity index (χ1v) is 6.95. The van der Waals surface area contributed by atoms with Crippen LogP contribution in [0.4, 0.5) is 0 Å². The molecule has 0 amide bonds. The lowest BCUT2D eigenvalue weighted by atomic mass is 10.3. The van der Waals surface area contributed by atoms with Crippen LogP contribution in [0.5, 0.6) is 11.5 Å². The van der Waals surface area contributed by atoms with Crippen LogP contribution >= 0.6 is 0 Å². The molecule has 0 aliphatic rings. The molecule has 8 nitrogen and oxygen atoms in total. The fraction of sp³-hybridized carbons (Fsp3) is 0.286. The molecule has 2 N–H and O–H groups in total. The Morgan fingerprint density at radius 3 is 1.64 bits per heavy atom. The zero-order valence-corrected chi connectivity index (χ0v) is 12.5. The number of aromatic amines is 2. The zero-order chi connectivity index (χ0) is 15.6. The van der Waals surface area contributed by atoms with Crippen LogP contribution in [0.3, 0.4) is 0 Å². The van der Waals surface area contributed by atoms with Gasteiger partial charge in [-0.2, -0.15) is 10.2 Å². The van der Waals surface area contributed by atoms with E-state index in [0.717, 1.165) is 0 Å². The molecule has 0 unspecified atom stereocenters. The highest BCUT2D eigenvalue weighted by atomic mass is 16.5. The third kappa shape index (κ3) is 4.30. The van der Waals surface area contributed by atoms with Gasteiger partial charge in [0.05, 0.1) is 0 Å².